The Kier molecular flexibility index (Phi) is 4.42. The molecule has 2 atom stereocenters. The molecular weight excluding hydrogens is 270 g/mol. The van der Waals surface area contributed by atoms with Crippen LogP contribution in [0.3, 0.4) is 0 Å². The molecule has 1 saturated carbocycles. The highest BCUT2D eigenvalue weighted by atomic mass is 35.5. The van der Waals surface area contributed by atoms with Crippen LogP contribution in [0, 0.1) is 5.92 Å². The molecule has 0 unspecified atom stereocenters. The van der Waals surface area contributed by atoms with Gasteiger partial charge < -0.3 is 0 Å². The maximum Gasteiger partial charge on any atom is 0.178 e. The highest BCUT2D eigenvalue weighted by molar-refractivity contribution is 6.34. The lowest BCUT2D eigenvalue weighted by atomic mass is 9.78. The number of hydrogen-bond acceptors (Lipinski definition) is 2. The van der Waals surface area contributed by atoms with E-state index < -0.39 is 0 Å². The van der Waals surface area contributed by atoms with Crippen molar-refractivity contribution in [2.24, 2.45) is 5.92 Å². The largest absolute Gasteiger partial charge is 0.293 e. The molecule has 1 aliphatic heterocycles. The highest BCUT2D eigenvalue weighted by Gasteiger charge is 2.34. The van der Waals surface area contributed by atoms with Crippen LogP contribution in [-0.4, -0.2) is 29.8 Å². The molecule has 2 fully saturated rings. The lowest BCUT2D eigenvalue weighted by molar-refractivity contribution is 0.0539. The molecule has 1 saturated heterocycles. The van der Waals surface area contributed by atoms with E-state index in [-0.39, 0.29) is 5.78 Å². The Balaban J connectivity index is 1.70. The van der Waals surface area contributed by atoms with Gasteiger partial charge in [-0.05, 0) is 50.3 Å². The second-order valence-corrected chi connectivity index (χ2v) is 6.53. The number of fused-ring (bicyclic) bond motifs is 1. The molecule has 1 heterocycles. The van der Waals surface area contributed by atoms with Gasteiger partial charge in [0.25, 0.3) is 0 Å². The van der Waals surface area contributed by atoms with E-state index in [1.807, 2.05) is 18.2 Å². The van der Waals surface area contributed by atoms with Gasteiger partial charge in [0.1, 0.15) is 0 Å². The lowest BCUT2D eigenvalue weighted by Crippen LogP contribution is -2.48. The number of hydrogen-bond donors (Lipinski definition) is 0. The fraction of sp³-hybridized carbons (Fsp3) is 0.588. The number of piperidine rings is 1. The quantitative estimate of drug-likeness (QED) is 0.779. The number of likely N-dealkylation sites (tertiary alicyclic amines) is 1. The maximum atomic E-state index is 12.5. The van der Waals surface area contributed by atoms with Gasteiger partial charge in [0.15, 0.2) is 5.78 Å². The van der Waals surface area contributed by atoms with Gasteiger partial charge in [0.05, 0.1) is 11.6 Å². The third kappa shape index (κ3) is 2.91. The minimum Gasteiger partial charge on any atom is -0.293 e. The Morgan fingerprint density at radius 1 is 1.15 bits per heavy atom. The number of benzene rings is 1. The van der Waals surface area contributed by atoms with Crippen LogP contribution in [-0.2, 0) is 0 Å². The molecule has 0 N–H and O–H groups in total. The summed E-state index contributed by atoms with van der Waals surface area (Å²) in [5.74, 6) is 0.985. The van der Waals surface area contributed by atoms with Crippen LogP contribution >= 0.6 is 11.6 Å². The number of carbonyl (C=O) groups excluding carboxylic acids is 1. The van der Waals surface area contributed by atoms with Gasteiger partial charge in [-0.1, -0.05) is 36.6 Å². The zero-order valence-corrected chi connectivity index (χ0v) is 12.6. The second-order valence-electron chi connectivity index (χ2n) is 6.13. The molecule has 3 heteroatoms. The Morgan fingerprint density at radius 3 is 2.75 bits per heavy atom. The molecule has 0 amide bonds. The van der Waals surface area contributed by atoms with Crippen molar-refractivity contribution in [3.63, 3.8) is 0 Å². The summed E-state index contributed by atoms with van der Waals surface area (Å²) in [6.45, 7) is 1.60. The molecule has 1 aliphatic carbocycles. The normalized spacial score (nSPS) is 27.1. The van der Waals surface area contributed by atoms with E-state index in [0.717, 1.165) is 12.5 Å². The lowest BCUT2D eigenvalue weighted by Gasteiger charge is -2.43. The first-order chi connectivity index (χ1) is 9.75. The molecule has 0 bridgehead atoms. The zero-order valence-electron chi connectivity index (χ0n) is 11.9. The third-order valence-corrected chi connectivity index (χ3v) is 5.21. The summed E-state index contributed by atoms with van der Waals surface area (Å²) in [7, 11) is 0. The smallest absolute Gasteiger partial charge is 0.178 e. The summed E-state index contributed by atoms with van der Waals surface area (Å²) in [6, 6.07) is 8.03. The van der Waals surface area contributed by atoms with Crippen LogP contribution in [0.5, 0.6) is 0 Å². The average Bonchev–Trinajstić information content (AvgIpc) is 2.48. The SMILES string of the molecule is O=C(CN1CCC[C@H]2CCCC[C@H]21)c1ccccc1Cl. The molecule has 0 spiro atoms. The van der Waals surface area contributed by atoms with E-state index in [2.05, 4.69) is 4.90 Å². The molecule has 0 radical (unpaired) electrons. The van der Waals surface area contributed by atoms with Gasteiger partial charge in [-0.15, -0.1) is 0 Å². The molecule has 3 rings (SSSR count). The van der Waals surface area contributed by atoms with Gasteiger partial charge in [0.2, 0.25) is 0 Å². The van der Waals surface area contributed by atoms with Crippen molar-refractivity contribution in [3.8, 4) is 0 Å². The van der Waals surface area contributed by atoms with Crippen molar-refractivity contribution in [1.82, 2.24) is 4.90 Å². The van der Waals surface area contributed by atoms with Crippen molar-refractivity contribution in [2.45, 2.75) is 44.6 Å². The maximum absolute atomic E-state index is 12.5. The predicted molar refractivity (Wildman–Crippen MR) is 82.3 cm³/mol. The van der Waals surface area contributed by atoms with Gasteiger partial charge in [-0.25, -0.2) is 0 Å². The molecule has 1 aromatic carbocycles. The zero-order chi connectivity index (χ0) is 13.9. The molecule has 0 aromatic heterocycles. The first-order valence-corrected chi connectivity index (χ1v) is 8.15. The van der Waals surface area contributed by atoms with Crippen LogP contribution in [0.25, 0.3) is 0 Å². The molecule has 1 aromatic rings. The Bertz CT molecular complexity index is 486. The van der Waals surface area contributed by atoms with E-state index in [9.17, 15) is 4.79 Å². The Hall–Kier alpha value is -0.860. The number of ketones is 1. The van der Waals surface area contributed by atoms with Crippen molar-refractivity contribution < 1.29 is 4.79 Å². The topological polar surface area (TPSA) is 20.3 Å². The fourth-order valence-electron chi connectivity index (χ4n) is 3.88. The number of carbonyl (C=O) groups is 1. The highest BCUT2D eigenvalue weighted by Crippen LogP contribution is 2.35. The van der Waals surface area contributed by atoms with Gasteiger partial charge in [0, 0.05) is 11.6 Å². The second kappa shape index (κ2) is 6.28. The van der Waals surface area contributed by atoms with Crippen LogP contribution in [0.1, 0.15) is 48.9 Å². The van der Waals surface area contributed by atoms with Gasteiger partial charge in [-0.3, -0.25) is 9.69 Å². The summed E-state index contributed by atoms with van der Waals surface area (Å²) in [6.07, 6.45) is 7.88. The summed E-state index contributed by atoms with van der Waals surface area (Å²) >= 11 is 6.13. The molecule has 108 valence electrons. The van der Waals surface area contributed by atoms with Gasteiger partial charge in [-0.2, -0.15) is 0 Å². The van der Waals surface area contributed by atoms with Crippen LogP contribution in [0.4, 0.5) is 0 Å². The molecule has 2 aliphatic rings. The molecular formula is C17H22ClNO. The minimum atomic E-state index is 0.168. The van der Waals surface area contributed by atoms with E-state index in [1.165, 1.54) is 38.5 Å². The van der Waals surface area contributed by atoms with Crippen molar-refractivity contribution in [1.29, 1.82) is 0 Å². The van der Waals surface area contributed by atoms with E-state index >= 15 is 0 Å². The summed E-state index contributed by atoms with van der Waals surface area (Å²) in [4.78, 5) is 14.9. The summed E-state index contributed by atoms with van der Waals surface area (Å²) < 4.78 is 0. The fourth-order valence-corrected chi connectivity index (χ4v) is 4.12. The number of rotatable bonds is 3. The van der Waals surface area contributed by atoms with Crippen LogP contribution in [0.15, 0.2) is 24.3 Å². The van der Waals surface area contributed by atoms with Crippen molar-refractivity contribution in [2.75, 3.05) is 13.1 Å². The number of halogens is 1. The monoisotopic (exact) mass is 291 g/mol. The third-order valence-electron chi connectivity index (χ3n) is 4.88. The predicted octanol–water partition coefficient (Wildman–Crippen LogP) is 4.18. The summed E-state index contributed by atoms with van der Waals surface area (Å²) in [5, 5.41) is 0.578. The van der Waals surface area contributed by atoms with Crippen LogP contribution in [0.2, 0.25) is 5.02 Å². The van der Waals surface area contributed by atoms with E-state index in [0.29, 0.717) is 23.2 Å². The summed E-state index contributed by atoms with van der Waals surface area (Å²) in [5.41, 5.74) is 0.673. The molecule has 20 heavy (non-hydrogen) atoms. The molecule has 2 nitrogen and oxygen atoms in total. The Labute approximate surface area is 126 Å². The van der Waals surface area contributed by atoms with Crippen molar-refractivity contribution in [3.05, 3.63) is 34.9 Å². The minimum absolute atomic E-state index is 0.168. The standard InChI is InChI=1S/C17H22ClNO/c18-15-9-3-2-8-14(15)17(20)12-19-11-5-7-13-6-1-4-10-16(13)19/h2-3,8-9,13,16H,1,4-7,10-12H2/t13-,16-/m1/s1. The van der Waals surface area contributed by atoms with Crippen LogP contribution < -0.4 is 0 Å². The first-order valence-electron chi connectivity index (χ1n) is 7.77. The Morgan fingerprint density at radius 2 is 1.90 bits per heavy atom. The van der Waals surface area contributed by atoms with Crippen molar-refractivity contribution >= 4 is 17.4 Å². The number of nitrogens with zero attached hydrogens (tertiary/aromatic N) is 1. The van der Waals surface area contributed by atoms with Gasteiger partial charge >= 0.3 is 0 Å². The first kappa shape index (κ1) is 14.1. The number of Topliss-reactive ketones (excluding diaryl/α,β-unsaturated/α-hetero) is 1. The van der Waals surface area contributed by atoms with E-state index in [4.69, 9.17) is 11.6 Å². The van der Waals surface area contributed by atoms with E-state index in [1.54, 1.807) is 6.07 Å². The average molecular weight is 292 g/mol.